The van der Waals surface area contributed by atoms with Gasteiger partial charge in [0.15, 0.2) is 0 Å². The molecule has 0 amide bonds. The second-order valence-electron chi connectivity index (χ2n) is 2.82. The van der Waals surface area contributed by atoms with Crippen LogP contribution in [0.25, 0.3) is 6.08 Å². The van der Waals surface area contributed by atoms with Crippen molar-refractivity contribution in [2.24, 2.45) is 5.73 Å². The van der Waals surface area contributed by atoms with Crippen LogP contribution in [0.4, 0.5) is 0 Å². The molecular weight excluding hydrogens is 174 g/mol. The van der Waals surface area contributed by atoms with Crippen molar-refractivity contribution in [1.29, 1.82) is 0 Å². The molecule has 0 spiro atoms. The first-order valence-electron chi connectivity index (χ1n) is 3.64. The van der Waals surface area contributed by atoms with Crippen molar-refractivity contribution in [3.05, 3.63) is 40.1 Å². The monoisotopic (exact) mass is 181 g/mol. The van der Waals surface area contributed by atoms with E-state index in [-0.39, 0.29) is 11.8 Å². The summed E-state index contributed by atoms with van der Waals surface area (Å²) in [5.41, 5.74) is 7.52. The number of hydrogen-bond acceptors (Lipinski definition) is 2. The number of halogens is 1. The molecule has 2 nitrogen and oxygen atoms in total. The van der Waals surface area contributed by atoms with Gasteiger partial charge in [0.2, 0.25) is 0 Å². The highest BCUT2D eigenvalue weighted by Crippen LogP contribution is 2.32. The Morgan fingerprint density at radius 1 is 1.42 bits per heavy atom. The molecule has 1 aromatic carbocycles. The Balaban J connectivity index is 2.57. The van der Waals surface area contributed by atoms with E-state index in [0.29, 0.717) is 5.02 Å². The third-order valence-corrected chi connectivity index (χ3v) is 2.24. The molecule has 0 radical (unpaired) electrons. The highest BCUT2D eigenvalue weighted by atomic mass is 35.5. The largest absolute Gasteiger partial charge is 0.510 e. The summed E-state index contributed by atoms with van der Waals surface area (Å²) in [5.74, 6) is 0.201. The first-order valence-corrected chi connectivity index (χ1v) is 4.02. The summed E-state index contributed by atoms with van der Waals surface area (Å²) in [7, 11) is 0. The van der Waals surface area contributed by atoms with E-state index in [9.17, 15) is 5.11 Å². The number of aliphatic hydroxyl groups excluding tert-OH is 1. The van der Waals surface area contributed by atoms with Gasteiger partial charge in [0.05, 0.1) is 6.04 Å². The van der Waals surface area contributed by atoms with Gasteiger partial charge in [-0.2, -0.15) is 0 Å². The van der Waals surface area contributed by atoms with Crippen LogP contribution < -0.4 is 5.73 Å². The minimum atomic E-state index is -0.378. The van der Waals surface area contributed by atoms with E-state index >= 15 is 0 Å². The van der Waals surface area contributed by atoms with Gasteiger partial charge in [-0.15, -0.1) is 0 Å². The van der Waals surface area contributed by atoms with E-state index in [1.165, 1.54) is 0 Å². The first kappa shape index (κ1) is 7.65. The smallest absolute Gasteiger partial charge is 0.114 e. The number of nitrogens with two attached hydrogens (primary N) is 1. The SMILES string of the molecule is NC1C(O)=Cc2cc(Cl)ccc21. The molecule has 0 saturated heterocycles. The molecule has 12 heavy (non-hydrogen) atoms. The lowest BCUT2D eigenvalue weighted by Crippen LogP contribution is -2.09. The fourth-order valence-electron chi connectivity index (χ4n) is 1.36. The van der Waals surface area contributed by atoms with Crippen molar-refractivity contribution >= 4 is 17.7 Å². The van der Waals surface area contributed by atoms with Crippen LogP contribution in [0.2, 0.25) is 5.02 Å². The Morgan fingerprint density at radius 2 is 2.17 bits per heavy atom. The van der Waals surface area contributed by atoms with Crippen molar-refractivity contribution < 1.29 is 5.11 Å². The van der Waals surface area contributed by atoms with Crippen LogP contribution in [0.15, 0.2) is 24.0 Å². The van der Waals surface area contributed by atoms with Gasteiger partial charge < -0.3 is 10.8 Å². The average Bonchev–Trinajstić information content (AvgIpc) is 2.28. The number of benzene rings is 1. The lowest BCUT2D eigenvalue weighted by atomic mass is 10.1. The fraction of sp³-hybridized carbons (Fsp3) is 0.111. The first-order chi connectivity index (χ1) is 5.68. The molecule has 0 aliphatic heterocycles. The predicted octanol–water partition coefficient (Wildman–Crippen LogP) is 2.25. The van der Waals surface area contributed by atoms with Crippen LogP contribution in [0.3, 0.4) is 0 Å². The van der Waals surface area contributed by atoms with Crippen molar-refractivity contribution in [3.63, 3.8) is 0 Å². The number of fused-ring (bicyclic) bond motifs is 1. The molecule has 0 saturated carbocycles. The zero-order chi connectivity index (χ0) is 8.72. The Labute approximate surface area is 75.3 Å². The lowest BCUT2D eigenvalue weighted by Gasteiger charge is -2.05. The highest BCUT2D eigenvalue weighted by Gasteiger charge is 2.20. The molecule has 1 aliphatic rings. The van der Waals surface area contributed by atoms with E-state index in [4.69, 9.17) is 17.3 Å². The van der Waals surface area contributed by atoms with Gasteiger partial charge in [0.25, 0.3) is 0 Å². The van der Waals surface area contributed by atoms with Gasteiger partial charge in [0, 0.05) is 5.02 Å². The van der Waals surface area contributed by atoms with Gasteiger partial charge in [0.1, 0.15) is 5.76 Å². The van der Waals surface area contributed by atoms with Crippen LogP contribution in [0.1, 0.15) is 17.2 Å². The summed E-state index contributed by atoms with van der Waals surface area (Å²) in [6.45, 7) is 0. The normalized spacial score (nSPS) is 20.5. The standard InChI is InChI=1S/C9H8ClNO/c10-6-1-2-7-5(3-6)4-8(12)9(7)11/h1-4,9,12H,11H2. The molecule has 1 aromatic rings. The Kier molecular flexibility index (Phi) is 1.60. The van der Waals surface area contributed by atoms with Crippen molar-refractivity contribution in [3.8, 4) is 0 Å². The highest BCUT2D eigenvalue weighted by molar-refractivity contribution is 6.30. The maximum atomic E-state index is 9.30. The molecule has 0 fully saturated rings. The third-order valence-electron chi connectivity index (χ3n) is 2.01. The lowest BCUT2D eigenvalue weighted by molar-refractivity contribution is 0.380. The van der Waals surface area contributed by atoms with E-state index in [0.717, 1.165) is 11.1 Å². The molecule has 1 unspecified atom stereocenters. The third kappa shape index (κ3) is 1.00. The second-order valence-corrected chi connectivity index (χ2v) is 3.26. The maximum absolute atomic E-state index is 9.30. The molecular formula is C9H8ClNO. The quantitative estimate of drug-likeness (QED) is 0.645. The summed E-state index contributed by atoms with van der Waals surface area (Å²) in [4.78, 5) is 0. The van der Waals surface area contributed by atoms with Crippen LogP contribution in [0, 0.1) is 0 Å². The summed E-state index contributed by atoms with van der Waals surface area (Å²) >= 11 is 5.77. The van der Waals surface area contributed by atoms with Gasteiger partial charge in [-0.25, -0.2) is 0 Å². The molecule has 0 heterocycles. The van der Waals surface area contributed by atoms with Gasteiger partial charge in [-0.3, -0.25) is 0 Å². The molecule has 3 heteroatoms. The molecule has 3 N–H and O–H groups in total. The van der Waals surface area contributed by atoms with E-state index in [1.807, 2.05) is 6.07 Å². The summed E-state index contributed by atoms with van der Waals surface area (Å²) in [6.07, 6.45) is 1.64. The van der Waals surface area contributed by atoms with E-state index < -0.39 is 0 Å². The topological polar surface area (TPSA) is 46.2 Å². The fourth-order valence-corrected chi connectivity index (χ4v) is 1.54. The zero-order valence-corrected chi connectivity index (χ0v) is 7.05. The minimum Gasteiger partial charge on any atom is -0.510 e. The summed E-state index contributed by atoms with van der Waals surface area (Å²) < 4.78 is 0. The predicted molar refractivity (Wildman–Crippen MR) is 49.0 cm³/mol. The summed E-state index contributed by atoms with van der Waals surface area (Å²) in [5, 5.41) is 9.96. The molecule has 62 valence electrons. The number of hydrogen-bond donors (Lipinski definition) is 2. The average molecular weight is 182 g/mol. The van der Waals surface area contributed by atoms with Gasteiger partial charge in [-0.05, 0) is 29.3 Å². The van der Waals surface area contributed by atoms with Crippen LogP contribution in [-0.2, 0) is 0 Å². The maximum Gasteiger partial charge on any atom is 0.114 e. The van der Waals surface area contributed by atoms with Crippen LogP contribution >= 0.6 is 11.6 Å². The van der Waals surface area contributed by atoms with Gasteiger partial charge in [-0.1, -0.05) is 17.7 Å². The Hall–Kier alpha value is -0.990. The Morgan fingerprint density at radius 3 is 2.92 bits per heavy atom. The van der Waals surface area contributed by atoms with Crippen molar-refractivity contribution in [2.45, 2.75) is 6.04 Å². The molecule has 1 aliphatic carbocycles. The van der Waals surface area contributed by atoms with Crippen LogP contribution in [0.5, 0.6) is 0 Å². The minimum absolute atomic E-state index is 0.201. The zero-order valence-electron chi connectivity index (χ0n) is 6.29. The van der Waals surface area contributed by atoms with Gasteiger partial charge >= 0.3 is 0 Å². The number of rotatable bonds is 0. The second kappa shape index (κ2) is 2.51. The molecule has 2 rings (SSSR count). The molecule has 0 aromatic heterocycles. The Bertz CT molecular complexity index is 360. The van der Waals surface area contributed by atoms with Crippen molar-refractivity contribution in [1.82, 2.24) is 0 Å². The van der Waals surface area contributed by atoms with Crippen molar-refractivity contribution in [2.75, 3.05) is 0 Å². The molecule has 0 bridgehead atoms. The molecule has 1 atom stereocenters. The van der Waals surface area contributed by atoms with Crippen LogP contribution in [-0.4, -0.2) is 5.11 Å². The van der Waals surface area contributed by atoms with E-state index in [1.54, 1.807) is 18.2 Å². The summed E-state index contributed by atoms with van der Waals surface area (Å²) in [6, 6.07) is 5.02. The number of aliphatic hydroxyl groups is 1. The van der Waals surface area contributed by atoms with E-state index in [2.05, 4.69) is 0 Å².